The highest BCUT2D eigenvalue weighted by atomic mass is 16.5. The summed E-state index contributed by atoms with van der Waals surface area (Å²) in [7, 11) is 1.80. The number of anilines is 2. The first kappa shape index (κ1) is 13.8. The number of ether oxygens (including phenoxy) is 1. The van der Waals surface area contributed by atoms with Crippen LogP contribution in [-0.2, 0) is 0 Å². The zero-order valence-electron chi connectivity index (χ0n) is 12.2. The molecule has 2 rings (SSSR count). The maximum atomic E-state index is 5.41. The van der Waals surface area contributed by atoms with Crippen LogP contribution in [0.4, 0.5) is 11.9 Å². The van der Waals surface area contributed by atoms with E-state index in [0.29, 0.717) is 36.5 Å². The van der Waals surface area contributed by atoms with Gasteiger partial charge in [0.2, 0.25) is 11.9 Å². The van der Waals surface area contributed by atoms with Gasteiger partial charge in [-0.15, -0.1) is 0 Å². The third-order valence-electron chi connectivity index (χ3n) is 3.47. The van der Waals surface area contributed by atoms with E-state index in [4.69, 9.17) is 4.74 Å². The van der Waals surface area contributed by atoms with Crippen LogP contribution in [0.2, 0.25) is 0 Å². The van der Waals surface area contributed by atoms with Gasteiger partial charge in [-0.25, -0.2) is 0 Å². The Bertz CT molecular complexity index is 425. The predicted molar refractivity (Wildman–Crippen MR) is 75.7 cm³/mol. The van der Waals surface area contributed by atoms with Crippen LogP contribution in [0.3, 0.4) is 0 Å². The van der Waals surface area contributed by atoms with Crippen molar-refractivity contribution in [3.05, 3.63) is 0 Å². The van der Waals surface area contributed by atoms with E-state index in [1.165, 1.54) is 12.8 Å². The number of hydrogen-bond acceptors (Lipinski definition) is 6. The summed E-state index contributed by atoms with van der Waals surface area (Å²) in [6.45, 7) is 7.95. The minimum atomic E-state index is 0.391. The Balaban J connectivity index is 2.28. The number of rotatable bonds is 4. The van der Waals surface area contributed by atoms with Gasteiger partial charge in [0.25, 0.3) is 0 Å². The molecule has 2 atom stereocenters. The lowest BCUT2D eigenvalue weighted by atomic mass is 9.95. The van der Waals surface area contributed by atoms with Crippen molar-refractivity contribution in [2.45, 2.75) is 39.7 Å². The number of hydrogen-bond donors (Lipinski definition) is 1. The molecule has 0 spiro atoms. The van der Waals surface area contributed by atoms with Gasteiger partial charge < -0.3 is 15.0 Å². The molecule has 0 radical (unpaired) electrons. The number of nitrogens with zero attached hydrogens (tertiary/aromatic N) is 4. The monoisotopic (exact) mass is 265 g/mol. The Hall–Kier alpha value is -1.59. The molecule has 0 amide bonds. The first-order chi connectivity index (χ1) is 9.13. The van der Waals surface area contributed by atoms with Gasteiger partial charge in [-0.2, -0.15) is 15.0 Å². The lowest BCUT2D eigenvalue weighted by Gasteiger charge is -2.36. The molecule has 0 bridgehead atoms. The third-order valence-corrected chi connectivity index (χ3v) is 3.47. The zero-order valence-corrected chi connectivity index (χ0v) is 12.2. The van der Waals surface area contributed by atoms with E-state index in [0.717, 1.165) is 6.54 Å². The van der Waals surface area contributed by atoms with Crippen LogP contribution >= 0.6 is 0 Å². The predicted octanol–water partition coefficient (Wildman–Crippen LogP) is 1.94. The summed E-state index contributed by atoms with van der Waals surface area (Å²) in [6, 6.07) is 0.847. The maximum absolute atomic E-state index is 5.41. The average molecular weight is 265 g/mol. The molecule has 1 fully saturated rings. The van der Waals surface area contributed by atoms with Gasteiger partial charge >= 0.3 is 6.01 Å². The lowest BCUT2D eigenvalue weighted by molar-refractivity contribution is 0.310. The minimum Gasteiger partial charge on any atom is -0.464 e. The Morgan fingerprint density at radius 3 is 2.74 bits per heavy atom. The number of aromatic nitrogens is 3. The van der Waals surface area contributed by atoms with E-state index < -0.39 is 0 Å². The summed E-state index contributed by atoms with van der Waals surface area (Å²) in [6.07, 6.45) is 2.44. The van der Waals surface area contributed by atoms with E-state index in [9.17, 15) is 0 Å². The second-order valence-corrected chi connectivity index (χ2v) is 5.11. The van der Waals surface area contributed by atoms with Crippen molar-refractivity contribution in [2.24, 2.45) is 5.92 Å². The molecule has 0 aromatic carbocycles. The van der Waals surface area contributed by atoms with Gasteiger partial charge in [0.05, 0.1) is 6.61 Å². The molecule has 106 valence electrons. The summed E-state index contributed by atoms with van der Waals surface area (Å²) in [4.78, 5) is 15.3. The standard InChI is InChI=1S/C13H23N5O/c1-5-19-13-16-11(14-4)15-12(17-13)18-8-9(2)6-7-10(18)3/h9-10H,5-8H2,1-4H3,(H,14,15,16,17). The van der Waals surface area contributed by atoms with E-state index in [-0.39, 0.29) is 0 Å². The van der Waals surface area contributed by atoms with E-state index in [2.05, 4.69) is 39.0 Å². The van der Waals surface area contributed by atoms with Gasteiger partial charge in [-0.1, -0.05) is 6.92 Å². The second kappa shape index (κ2) is 6.04. The Kier molecular flexibility index (Phi) is 4.39. The lowest BCUT2D eigenvalue weighted by Crippen LogP contribution is -2.42. The average Bonchev–Trinajstić information content (AvgIpc) is 2.41. The van der Waals surface area contributed by atoms with E-state index in [1.807, 2.05) is 6.92 Å². The summed E-state index contributed by atoms with van der Waals surface area (Å²) in [5.74, 6) is 1.93. The van der Waals surface area contributed by atoms with Crippen LogP contribution in [0.15, 0.2) is 0 Å². The molecule has 2 unspecified atom stereocenters. The fraction of sp³-hybridized carbons (Fsp3) is 0.769. The van der Waals surface area contributed by atoms with Crippen LogP contribution in [0, 0.1) is 5.92 Å². The number of nitrogens with one attached hydrogen (secondary N) is 1. The molecule has 19 heavy (non-hydrogen) atoms. The minimum absolute atomic E-state index is 0.391. The quantitative estimate of drug-likeness (QED) is 0.897. The molecule has 0 saturated carbocycles. The largest absolute Gasteiger partial charge is 0.464 e. The van der Waals surface area contributed by atoms with E-state index >= 15 is 0 Å². The fourth-order valence-electron chi connectivity index (χ4n) is 2.35. The Labute approximate surface area is 114 Å². The van der Waals surface area contributed by atoms with Crippen molar-refractivity contribution in [3.8, 4) is 6.01 Å². The van der Waals surface area contributed by atoms with E-state index in [1.54, 1.807) is 7.05 Å². The van der Waals surface area contributed by atoms with Gasteiger partial charge in [0.1, 0.15) is 0 Å². The SMILES string of the molecule is CCOc1nc(NC)nc(N2CC(C)CCC2C)n1. The summed E-state index contributed by atoms with van der Waals surface area (Å²) in [5, 5.41) is 2.96. The van der Waals surface area contributed by atoms with Crippen molar-refractivity contribution in [3.63, 3.8) is 0 Å². The summed E-state index contributed by atoms with van der Waals surface area (Å²) >= 11 is 0. The molecular weight excluding hydrogens is 242 g/mol. The summed E-state index contributed by atoms with van der Waals surface area (Å²) in [5.41, 5.74) is 0. The third kappa shape index (κ3) is 3.24. The molecule has 1 N–H and O–H groups in total. The molecule has 1 aliphatic rings. The van der Waals surface area contributed by atoms with Crippen molar-refractivity contribution < 1.29 is 4.74 Å². The van der Waals surface area contributed by atoms with Gasteiger partial charge in [0.15, 0.2) is 0 Å². The Morgan fingerprint density at radius 1 is 1.26 bits per heavy atom. The fourth-order valence-corrected chi connectivity index (χ4v) is 2.35. The molecule has 0 aliphatic carbocycles. The Morgan fingerprint density at radius 2 is 2.05 bits per heavy atom. The summed E-state index contributed by atoms with van der Waals surface area (Å²) < 4.78 is 5.41. The second-order valence-electron chi connectivity index (χ2n) is 5.11. The molecule has 1 saturated heterocycles. The molecule has 1 aromatic rings. The van der Waals surface area contributed by atoms with Crippen LogP contribution in [0.1, 0.15) is 33.6 Å². The normalized spacial score (nSPS) is 23.3. The van der Waals surface area contributed by atoms with Crippen molar-refractivity contribution in [2.75, 3.05) is 30.4 Å². The van der Waals surface area contributed by atoms with Crippen molar-refractivity contribution in [1.29, 1.82) is 0 Å². The van der Waals surface area contributed by atoms with Gasteiger partial charge in [-0.3, -0.25) is 0 Å². The van der Waals surface area contributed by atoms with Crippen molar-refractivity contribution >= 4 is 11.9 Å². The molecule has 1 aromatic heterocycles. The van der Waals surface area contributed by atoms with Gasteiger partial charge in [-0.05, 0) is 32.6 Å². The van der Waals surface area contributed by atoms with Crippen molar-refractivity contribution in [1.82, 2.24) is 15.0 Å². The first-order valence-corrected chi connectivity index (χ1v) is 6.97. The van der Waals surface area contributed by atoms with Crippen LogP contribution in [0.5, 0.6) is 6.01 Å². The molecule has 6 nitrogen and oxygen atoms in total. The number of piperidine rings is 1. The van der Waals surface area contributed by atoms with Crippen LogP contribution in [-0.4, -0.2) is 41.2 Å². The topological polar surface area (TPSA) is 63.2 Å². The highest BCUT2D eigenvalue weighted by Gasteiger charge is 2.26. The van der Waals surface area contributed by atoms with Gasteiger partial charge in [0, 0.05) is 19.6 Å². The maximum Gasteiger partial charge on any atom is 0.323 e. The molecule has 2 heterocycles. The smallest absolute Gasteiger partial charge is 0.323 e. The highest BCUT2D eigenvalue weighted by molar-refractivity contribution is 5.39. The van der Waals surface area contributed by atoms with Crippen LogP contribution in [0.25, 0.3) is 0 Å². The molecule has 1 aliphatic heterocycles. The highest BCUT2D eigenvalue weighted by Crippen LogP contribution is 2.26. The van der Waals surface area contributed by atoms with Crippen LogP contribution < -0.4 is 15.0 Å². The zero-order chi connectivity index (χ0) is 13.8. The first-order valence-electron chi connectivity index (χ1n) is 6.97. The molecule has 6 heteroatoms. The molecular formula is C13H23N5O.